The Kier molecular flexibility index (Phi) is 3.74. The molecule has 2 N–H and O–H groups in total. The number of benzene rings is 1. The van der Waals surface area contributed by atoms with Crippen molar-refractivity contribution < 1.29 is 19.1 Å². The van der Waals surface area contributed by atoms with Gasteiger partial charge in [0.15, 0.2) is 0 Å². The molecule has 1 amide bonds. The van der Waals surface area contributed by atoms with Gasteiger partial charge in [-0.1, -0.05) is 0 Å². The van der Waals surface area contributed by atoms with Crippen LogP contribution in [0.1, 0.15) is 24.2 Å². The lowest BCUT2D eigenvalue weighted by molar-refractivity contribution is -0.0956. The molecule has 20 heavy (non-hydrogen) atoms. The second-order valence-corrected chi connectivity index (χ2v) is 5.09. The van der Waals surface area contributed by atoms with Crippen molar-refractivity contribution in [2.24, 2.45) is 7.05 Å². The third-order valence-corrected chi connectivity index (χ3v) is 2.89. The Hall–Kier alpha value is -1.99. The van der Waals surface area contributed by atoms with Gasteiger partial charge in [0.2, 0.25) is 0 Å². The molecule has 0 atom stereocenters. The van der Waals surface area contributed by atoms with Gasteiger partial charge in [-0.15, -0.1) is 0 Å². The van der Waals surface area contributed by atoms with Gasteiger partial charge in [-0.3, -0.25) is 9.63 Å². The van der Waals surface area contributed by atoms with E-state index in [0.717, 1.165) is 0 Å². The number of nitrogens with zero attached hydrogens (tertiary/aromatic N) is 2. The summed E-state index contributed by atoms with van der Waals surface area (Å²) in [5.74, 6) is -0.477. The maximum absolute atomic E-state index is 13.3. The molecule has 108 valence electrons. The Morgan fingerprint density at radius 1 is 1.55 bits per heavy atom. The molecular weight excluding hydrogens is 265 g/mol. The van der Waals surface area contributed by atoms with Gasteiger partial charge >= 0.3 is 0 Å². The quantitative estimate of drug-likeness (QED) is 0.824. The third kappa shape index (κ3) is 2.78. The number of fused-ring (bicyclic) bond motifs is 1. The molecule has 6 nitrogen and oxygen atoms in total. The number of aryl methyl sites for hydroxylation is 1. The van der Waals surface area contributed by atoms with E-state index in [1.807, 2.05) is 0 Å². The summed E-state index contributed by atoms with van der Waals surface area (Å²) in [6.07, 6.45) is -0.616. The van der Waals surface area contributed by atoms with Crippen LogP contribution in [-0.2, 0) is 11.9 Å². The lowest BCUT2D eigenvalue weighted by atomic mass is 10.2. The van der Waals surface area contributed by atoms with Crippen LogP contribution in [0.4, 0.5) is 4.39 Å². The van der Waals surface area contributed by atoms with E-state index >= 15 is 0 Å². The fraction of sp³-hybridized carbons (Fsp3) is 0.385. The SMILES string of the molecule is Cn1c(F)nc2ccc(C(=O)NOC(C)(C)CO)cc21. The first-order valence-corrected chi connectivity index (χ1v) is 6.05. The van der Waals surface area contributed by atoms with E-state index in [1.54, 1.807) is 19.9 Å². The van der Waals surface area contributed by atoms with E-state index < -0.39 is 17.6 Å². The molecule has 7 heteroatoms. The molecule has 2 rings (SSSR count). The van der Waals surface area contributed by atoms with Gasteiger partial charge in [-0.2, -0.15) is 4.39 Å². The molecule has 0 aliphatic rings. The van der Waals surface area contributed by atoms with E-state index in [4.69, 9.17) is 9.94 Å². The van der Waals surface area contributed by atoms with Gasteiger partial charge in [-0.05, 0) is 32.0 Å². The van der Waals surface area contributed by atoms with E-state index in [1.165, 1.54) is 23.7 Å². The summed E-state index contributed by atoms with van der Waals surface area (Å²) in [5, 5.41) is 9.03. The van der Waals surface area contributed by atoms with Gasteiger partial charge in [0.25, 0.3) is 12.0 Å². The van der Waals surface area contributed by atoms with Crippen molar-refractivity contribution in [3.63, 3.8) is 0 Å². The largest absolute Gasteiger partial charge is 0.393 e. The highest BCUT2D eigenvalue weighted by Gasteiger charge is 2.19. The minimum absolute atomic E-state index is 0.237. The summed E-state index contributed by atoms with van der Waals surface area (Å²) in [7, 11) is 1.53. The fourth-order valence-corrected chi connectivity index (χ4v) is 1.58. The summed E-state index contributed by atoms with van der Waals surface area (Å²) in [4.78, 5) is 20.7. The number of hydrogen-bond acceptors (Lipinski definition) is 4. The Morgan fingerprint density at radius 2 is 2.25 bits per heavy atom. The number of amides is 1. The molecule has 0 aliphatic heterocycles. The standard InChI is InChI=1S/C13H16FN3O3/c1-13(2,7-18)20-16-11(19)8-4-5-9-10(6-8)17(3)12(14)15-9/h4-6,18H,7H2,1-3H3,(H,16,19). The highest BCUT2D eigenvalue weighted by molar-refractivity contribution is 5.96. The van der Waals surface area contributed by atoms with Crippen LogP contribution in [0.25, 0.3) is 11.0 Å². The van der Waals surface area contributed by atoms with E-state index in [0.29, 0.717) is 16.6 Å². The normalized spacial score (nSPS) is 11.8. The number of aliphatic hydroxyl groups is 1. The summed E-state index contributed by atoms with van der Waals surface area (Å²) in [5.41, 5.74) is 2.68. The van der Waals surface area contributed by atoms with Crippen molar-refractivity contribution in [3.05, 3.63) is 29.8 Å². The summed E-state index contributed by atoms with van der Waals surface area (Å²) in [6.45, 7) is 3.03. The number of carbonyl (C=O) groups is 1. The summed E-state index contributed by atoms with van der Waals surface area (Å²) >= 11 is 0. The lowest BCUT2D eigenvalue weighted by Crippen LogP contribution is -2.38. The average molecular weight is 281 g/mol. The average Bonchev–Trinajstić information content (AvgIpc) is 2.71. The van der Waals surface area contributed by atoms with Crippen LogP contribution in [-0.4, -0.2) is 32.8 Å². The van der Waals surface area contributed by atoms with Crippen LogP contribution in [0.5, 0.6) is 0 Å². The smallest absolute Gasteiger partial charge is 0.289 e. The maximum atomic E-state index is 13.3. The predicted octanol–water partition coefficient (Wildman–Crippen LogP) is 1.14. The number of imidazole rings is 1. The number of halogens is 1. The molecule has 0 unspecified atom stereocenters. The zero-order chi connectivity index (χ0) is 14.9. The van der Waals surface area contributed by atoms with Crippen molar-refractivity contribution in [3.8, 4) is 0 Å². The molecule has 0 bridgehead atoms. The zero-order valence-electron chi connectivity index (χ0n) is 11.5. The van der Waals surface area contributed by atoms with Gasteiger partial charge in [0.1, 0.15) is 5.60 Å². The molecule has 1 aromatic heterocycles. The highest BCUT2D eigenvalue weighted by atomic mass is 19.1. The van der Waals surface area contributed by atoms with E-state index in [-0.39, 0.29) is 6.61 Å². The number of hydroxylamine groups is 1. The Morgan fingerprint density at radius 3 is 2.90 bits per heavy atom. The summed E-state index contributed by atoms with van der Waals surface area (Å²) < 4.78 is 14.6. The minimum Gasteiger partial charge on any atom is -0.393 e. The first-order chi connectivity index (χ1) is 9.34. The molecule has 1 heterocycles. The first kappa shape index (κ1) is 14.4. The number of hydrogen-bond donors (Lipinski definition) is 2. The molecule has 1 aromatic carbocycles. The van der Waals surface area contributed by atoms with Crippen LogP contribution in [0, 0.1) is 6.08 Å². The molecule has 0 aliphatic carbocycles. The number of rotatable bonds is 4. The van der Waals surface area contributed by atoms with Crippen LogP contribution >= 0.6 is 0 Å². The highest BCUT2D eigenvalue weighted by Crippen LogP contribution is 2.16. The molecule has 0 spiro atoms. The molecule has 0 saturated heterocycles. The number of nitrogens with one attached hydrogen (secondary N) is 1. The Bertz CT molecular complexity index is 652. The van der Waals surface area contributed by atoms with Crippen molar-refractivity contribution in [2.45, 2.75) is 19.4 Å². The van der Waals surface area contributed by atoms with Crippen molar-refractivity contribution in [1.82, 2.24) is 15.0 Å². The number of carbonyl (C=O) groups excluding carboxylic acids is 1. The van der Waals surface area contributed by atoms with Crippen molar-refractivity contribution >= 4 is 16.9 Å². The molecular formula is C13H16FN3O3. The van der Waals surface area contributed by atoms with Crippen LogP contribution in [0.15, 0.2) is 18.2 Å². The predicted molar refractivity (Wildman–Crippen MR) is 70.4 cm³/mol. The topological polar surface area (TPSA) is 76.4 Å². The number of aliphatic hydroxyl groups excluding tert-OH is 1. The van der Waals surface area contributed by atoms with E-state index in [9.17, 15) is 9.18 Å². The Labute approximate surface area is 115 Å². The molecule has 0 radical (unpaired) electrons. The van der Waals surface area contributed by atoms with Gasteiger partial charge in [0, 0.05) is 12.6 Å². The Balaban J connectivity index is 2.20. The van der Waals surface area contributed by atoms with Crippen LogP contribution in [0.3, 0.4) is 0 Å². The van der Waals surface area contributed by atoms with Crippen LogP contribution < -0.4 is 5.48 Å². The van der Waals surface area contributed by atoms with Gasteiger partial charge < -0.3 is 9.67 Å². The fourth-order valence-electron chi connectivity index (χ4n) is 1.58. The van der Waals surface area contributed by atoms with Crippen molar-refractivity contribution in [1.29, 1.82) is 0 Å². The van der Waals surface area contributed by atoms with Crippen molar-refractivity contribution in [2.75, 3.05) is 6.61 Å². The monoisotopic (exact) mass is 281 g/mol. The molecule has 0 saturated carbocycles. The molecule has 2 aromatic rings. The molecule has 0 fully saturated rings. The first-order valence-electron chi connectivity index (χ1n) is 6.05. The number of aromatic nitrogens is 2. The zero-order valence-corrected chi connectivity index (χ0v) is 11.5. The maximum Gasteiger partial charge on any atom is 0.289 e. The van der Waals surface area contributed by atoms with Crippen LogP contribution in [0.2, 0.25) is 0 Å². The third-order valence-electron chi connectivity index (χ3n) is 2.89. The van der Waals surface area contributed by atoms with Gasteiger partial charge in [-0.25, -0.2) is 10.5 Å². The van der Waals surface area contributed by atoms with E-state index in [2.05, 4.69) is 10.5 Å². The second kappa shape index (κ2) is 5.18. The summed E-state index contributed by atoms with van der Waals surface area (Å²) in [6, 6.07) is 4.61. The second-order valence-electron chi connectivity index (χ2n) is 5.09. The minimum atomic E-state index is -0.877. The lowest BCUT2D eigenvalue weighted by Gasteiger charge is -2.21. The van der Waals surface area contributed by atoms with Gasteiger partial charge in [0.05, 0.1) is 17.6 Å².